The van der Waals surface area contributed by atoms with Crippen molar-refractivity contribution >= 4 is 26.1 Å². The zero-order valence-electron chi connectivity index (χ0n) is 9.56. The van der Waals surface area contributed by atoms with Crippen LogP contribution in [-0.2, 0) is 16.8 Å². The predicted molar refractivity (Wildman–Crippen MR) is 70.7 cm³/mol. The van der Waals surface area contributed by atoms with E-state index in [1.165, 1.54) is 4.31 Å². The number of hydrogen-bond acceptors (Lipinski definition) is 2. The van der Waals surface area contributed by atoms with E-state index in [4.69, 9.17) is 0 Å². The van der Waals surface area contributed by atoms with Crippen molar-refractivity contribution in [2.24, 2.45) is 0 Å². The first-order valence-corrected chi connectivity index (χ1v) is 7.69. The van der Waals surface area contributed by atoms with Crippen LogP contribution in [0.25, 0.3) is 0 Å². The molecule has 0 unspecified atom stereocenters. The van der Waals surface area contributed by atoms with Gasteiger partial charge >= 0.3 is 0 Å². The van der Waals surface area contributed by atoms with Crippen LogP contribution in [0.4, 0.5) is 0 Å². The third kappa shape index (κ3) is 3.77. The van der Waals surface area contributed by atoms with Crippen molar-refractivity contribution in [1.29, 1.82) is 0 Å². The van der Waals surface area contributed by atoms with Gasteiger partial charge in [0.2, 0.25) is 0 Å². The average molecular weight is 319 g/mol. The number of rotatable bonds is 5. The zero-order chi connectivity index (χ0) is 12.5. The van der Waals surface area contributed by atoms with Crippen molar-refractivity contribution in [1.82, 2.24) is 9.03 Å². The molecule has 0 saturated heterocycles. The molecule has 0 bridgehead atoms. The average Bonchev–Trinajstić information content (AvgIpc) is 3.00. The number of hydrogen-bond donors (Lipinski definition) is 1. The lowest BCUT2D eigenvalue weighted by Crippen LogP contribution is -2.38. The van der Waals surface area contributed by atoms with Gasteiger partial charge in [0, 0.05) is 24.1 Å². The van der Waals surface area contributed by atoms with Gasteiger partial charge in [-0.05, 0) is 30.5 Å². The number of halogens is 1. The number of benzene rings is 1. The van der Waals surface area contributed by atoms with Gasteiger partial charge in [-0.15, -0.1) is 0 Å². The maximum absolute atomic E-state index is 11.9. The van der Waals surface area contributed by atoms with Gasteiger partial charge in [-0.1, -0.05) is 28.1 Å². The summed E-state index contributed by atoms with van der Waals surface area (Å²) in [7, 11) is -1.75. The van der Waals surface area contributed by atoms with Gasteiger partial charge in [0.1, 0.15) is 0 Å². The van der Waals surface area contributed by atoms with E-state index < -0.39 is 10.2 Å². The smallest absolute Gasteiger partial charge is 0.199 e. The van der Waals surface area contributed by atoms with E-state index in [1.54, 1.807) is 7.05 Å². The van der Waals surface area contributed by atoms with E-state index in [2.05, 4.69) is 20.7 Å². The summed E-state index contributed by atoms with van der Waals surface area (Å²) in [4.78, 5) is 0. The molecule has 1 N–H and O–H groups in total. The number of nitrogens with one attached hydrogen (secondary N) is 1. The van der Waals surface area contributed by atoms with Crippen LogP contribution in [0.5, 0.6) is 0 Å². The Kier molecular flexibility index (Phi) is 3.87. The minimum atomic E-state index is -3.34. The van der Waals surface area contributed by atoms with Gasteiger partial charge in [0.15, 0.2) is 0 Å². The Hall–Kier alpha value is -0.430. The molecule has 1 aliphatic rings. The Morgan fingerprint density at radius 1 is 1.47 bits per heavy atom. The van der Waals surface area contributed by atoms with Crippen LogP contribution in [0, 0.1) is 0 Å². The summed E-state index contributed by atoms with van der Waals surface area (Å²) in [6.45, 7) is 0.376. The Bertz CT molecular complexity index is 500. The highest BCUT2D eigenvalue weighted by Gasteiger charge is 2.29. The molecule has 1 aliphatic carbocycles. The second kappa shape index (κ2) is 5.06. The molecule has 0 atom stereocenters. The summed E-state index contributed by atoms with van der Waals surface area (Å²) in [6.07, 6.45) is 1.90. The molecule has 0 heterocycles. The molecule has 1 aromatic rings. The van der Waals surface area contributed by atoms with E-state index in [1.807, 2.05) is 24.3 Å². The maximum Gasteiger partial charge on any atom is 0.279 e. The van der Waals surface area contributed by atoms with Crippen LogP contribution in [-0.4, -0.2) is 25.8 Å². The van der Waals surface area contributed by atoms with E-state index in [0.29, 0.717) is 6.54 Å². The molecule has 0 aliphatic heterocycles. The second-order valence-corrected chi connectivity index (χ2v) is 7.01. The molecule has 2 rings (SSSR count). The first kappa shape index (κ1) is 13.0. The third-order valence-corrected chi connectivity index (χ3v) is 4.67. The fourth-order valence-electron chi connectivity index (χ4n) is 1.48. The molecule has 1 aromatic carbocycles. The van der Waals surface area contributed by atoms with Crippen molar-refractivity contribution in [2.75, 3.05) is 7.05 Å². The lowest BCUT2D eigenvalue weighted by atomic mass is 10.2. The summed E-state index contributed by atoms with van der Waals surface area (Å²) in [6, 6.07) is 7.79. The minimum Gasteiger partial charge on any atom is -0.199 e. The molecule has 94 valence electrons. The fraction of sp³-hybridized carbons (Fsp3) is 0.455. The van der Waals surface area contributed by atoms with E-state index in [9.17, 15) is 8.42 Å². The third-order valence-electron chi connectivity index (χ3n) is 2.60. The largest absolute Gasteiger partial charge is 0.279 e. The molecule has 0 radical (unpaired) electrons. The van der Waals surface area contributed by atoms with Gasteiger partial charge < -0.3 is 0 Å². The summed E-state index contributed by atoms with van der Waals surface area (Å²) in [5.41, 5.74) is 0.961. The Morgan fingerprint density at radius 3 is 2.76 bits per heavy atom. The SMILES string of the molecule is CN(Cc1cccc(Br)c1)S(=O)(=O)NC1CC1. The normalized spacial score (nSPS) is 16.4. The summed E-state index contributed by atoms with van der Waals surface area (Å²) in [5.74, 6) is 0. The van der Waals surface area contributed by atoms with Gasteiger partial charge in [0.25, 0.3) is 10.2 Å². The molecule has 17 heavy (non-hydrogen) atoms. The van der Waals surface area contributed by atoms with Crippen molar-refractivity contribution in [2.45, 2.75) is 25.4 Å². The van der Waals surface area contributed by atoms with Crippen LogP contribution in [0.1, 0.15) is 18.4 Å². The van der Waals surface area contributed by atoms with Crippen molar-refractivity contribution < 1.29 is 8.42 Å². The lowest BCUT2D eigenvalue weighted by Gasteiger charge is -2.17. The topological polar surface area (TPSA) is 49.4 Å². The minimum absolute atomic E-state index is 0.143. The standard InChI is InChI=1S/C11H15BrN2O2S/c1-14(17(15,16)13-11-5-6-11)8-9-3-2-4-10(12)7-9/h2-4,7,11,13H,5-6,8H2,1H3. The summed E-state index contributed by atoms with van der Waals surface area (Å²) < 4.78 is 28.7. The van der Waals surface area contributed by atoms with Crippen LogP contribution >= 0.6 is 15.9 Å². The quantitative estimate of drug-likeness (QED) is 0.901. The van der Waals surface area contributed by atoms with Crippen molar-refractivity contribution in [3.8, 4) is 0 Å². The van der Waals surface area contributed by atoms with Crippen LogP contribution in [0.2, 0.25) is 0 Å². The maximum atomic E-state index is 11.9. The lowest BCUT2D eigenvalue weighted by molar-refractivity contribution is 0.454. The van der Waals surface area contributed by atoms with Gasteiger partial charge in [-0.2, -0.15) is 17.4 Å². The van der Waals surface area contributed by atoms with Crippen LogP contribution < -0.4 is 4.72 Å². The van der Waals surface area contributed by atoms with Crippen molar-refractivity contribution in [3.05, 3.63) is 34.3 Å². The Balaban J connectivity index is 2.02. The highest BCUT2D eigenvalue weighted by molar-refractivity contribution is 9.10. The Morgan fingerprint density at radius 2 is 2.18 bits per heavy atom. The molecular formula is C11H15BrN2O2S. The monoisotopic (exact) mass is 318 g/mol. The fourth-order valence-corrected chi connectivity index (χ4v) is 3.08. The molecule has 0 amide bonds. The molecule has 1 fully saturated rings. The second-order valence-electron chi connectivity index (χ2n) is 4.28. The molecule has 0 aromatic heterocycles. The highest BCUT2D eigenvalue weighted by Crippen LogP contribution is 2.21. The van der Waals surface area contributed by atoms with Crippen LogP contribution in [0.3, 0.4) is 0 Å². The van der Waals surface area contributed by atoms with E-state index in [-0.39, 0.29) is 6.04 Å². The first-order chi connectivity index (χ1) is 7.97. The van der Waals surface area contributed by atoms with E-state index in [0.717, 1.165) is 22.9 Å². The molecule has 0 spiro atoms. The van der Waals surface area contributed by atoms with Crippen molar-refractivity contribution in [3.63, 3.8) is 0 Å². The molecular weight excluding hydrogens is 304 g/mol. The molecule has 1 saturated carbocycles. The first-order valence-electron chi connectivity index (χ1n) is 5.45. The van der Waals surface area contributed by atoms with Crippen LogP contribution in [0.15, 0.2) is 28.7 Å². The molecule has 6 heteroatoms. The van der Waals surface area contributed by atoms with E-state index >= 15 is 0 Å². The van der Waals surface area contributed by atoms with Gasteiger partial charge in [0.05, 0.1) is 0 Å². The predicted octanol–water partition coefficient (Wildman–Crippen LogP) is 1.88. The number of nitrogens with zero attached hydrogens (tertiary/aromatic N) is 1. The van der Waals surface area contributed by atoms with Gasteiger partial charge in [-0.3, -0.25) is 0 Å². The zero-order valence-corrected chi connectivity index (χ0v) is 12.0. The van der Waals surface area contributed by atoms with Gasteiger partial charge in [-0.25, -0.2) is 0 Å². The highest BCUT2D eigenvalue weighted by atomic mass is 79.9. The summed E-state index contributed by atoms with van der Waals surface area (Å²) >= 11 is 3.37. The summed E-state index contributed by atoms with van der Waals surface area (Å²) in [5, 5.41) is 0. The Labute approximate surface area is 110 Å². The molecule has 4 nitrogen and oxygen atoms in total.